The number of amides is 1. The fraction of sp³-hybridized carbons (Fsp3) is 0.438. The summed E-state index contributed by atoms with van der Waals surface area (Å²) >= 11 is 7.11. The number of carbonyl (C=O) groups is 1. The number of hydrogen-bond acceptors (Lipinski definition) is 5. The normalized spacial score (nSPS) is 16.8. The number of hydrogen-bond donors (Lipinski definition) is 0. The monoisotopic (exact) mass is 585 g/mol. The lowest BCUT2D eigenvalue weighted by molar-refractivity contribution is -0.0930. The number of aromatic nitrogens is 6. The highest BCUT2D eigenvalue weighted by atomic mass is 35.5. The van der Waals surface area contributed by atoms with Gasteiger partial charge in [0, 0.05) is 65.8 Å². The lowest BCUT2D eigenvalue weighted by Crippen LogP contribution is -2.64. The molecular weight excluding hydrogens is 550 g/mol. The van der Waals surface area contributed by atoms with Crippen LogP contribution >= 0.6 is 11.6 Å². The first kappa shape index (κ1) is 27.0. The molecule has 2 aliphatic rings. The molecule has 0 bridgehead atoms. The van der Waals surface area contributed by atoms with Gasteiger partial charge in [0.2, 0.25) is 0 Å². The predicted octanol–water partition coefficient (Wildman–Crippen LogP) is 6.83. The minimum atomic E-state index is -0.490. The second-order valence-electron chi connectivity index (χ2n) is 13.3. The van der Waals surface area contributed by atoms with E-state index in [-0.39, 0.29) is 17.6 Å². The van der Waals surface area contributed by atoms with E-state index in [9.17, 15) is 4.79 Å². The molecule has 42 heavy (non-hydrogen) atoms. The number of benzene rings is 2. The summed E-state index contributed by atoms with van der Waals surface area (Å²) < 4.78 is 11.6. The van der Waals surface area contributed by atoms with Gasteiger partial charge in [0.25, 0.3) is 0 Å². The molecule has 1 saturated heterocycles. The Morgan fingerprint density at radius 1 is 1.00 bits per heavy atom. The average molecular weight is 586 g/mol. The van der Waals surface area contributed by atoms with Gasteiger partial charge in [-0.25, -0.2) is 4.79 Å². The van der Waals surface area contributed by atoms with Crippen LogP contribution in [-0.4, -0.2) is 59.0 Å². The average Bonchev–Trinajstić information content (AvgIpc) is 3.53. The summed E-state index contributed by atoms with van der Waals surface area (Å²) in [6.45, 7) is 11.4. The highest BCUT2D eigenvalue weighted by molar-refractivity contribution is 6.36. The summed E-state index contributed by atoms with van der Waals surface area (Å²) in [6.07, 6.45) is 5.51. The van der Waals surface area contributed by atoms with E-state index in [0.29, 0.717) is 0 Å². The summed E-state index contributed by atoms with van der Waals surface area (Å²) in [5.74, 6) is 0. The molecule has 1 aliphatic heterocycles. The van der Waals surface area contributed by atoms with Crippen LogP contribution in [0.4, 0.5) is 4.79 Å². The first-order valence-corrected chi connectivity index (χ1v) is 14.8. The second kappa shape index (κ2) is 9.07. The van der Waals surface area contributed by atoms with E-state index in [1.54, 1.807) is 0 Å². The molecule has 1 saturated carbocycles. The van der Waals surface area contributed by atoms with Crippen LogP contribution in [0.1, 0.15) is 50.9 Å². The number of carbonyl (C=O) groups excluding carboxylic acids is 1. The SMILES string of the molecule is Cc1cc2c(cnn2C)c(-c2c(-c3ccc4c(cnn4C)c3)nn(C3CC4(C3)CN(C(=O)OC(C)(C)C)C4)c2C)c1Cl. The van der Waals surface area contributed by atoms with Crippen molar-refractivity contribution in [3.63, 3.8) is 0 Å². The van der Waals surface area contributed by atoms with E-state index in [0.717, 1.165) is 86.4 Å². The maximum Gasteiger partial charge on any atom is 0.410 e. The minimum Gasteiger partial charge on any atom is -0.444 e. The minimum absolute atomic E-state index is 0.131. The van der Waals surface area contributed by atoms with Crippen LogP contribution in [0, 0.1) is 19.3 Å². The van der Waals surface area contributed by atoms with Crippen molar-refractivity contribution in [3.05, 3.63) is 52.9 Å². The summed E-state index contributed by atoms with van der Waals surface area (Å²) in [6, 6.07) is 8.72. The summed E-state index contributed by atoms with van der Waals surface area (Å²) in [7, 11) is 3.91. The lowest BCUT2D eigenvalue weighted by Gasteiger charge is -2.58. The van der Waals surface area contributed by atoms with Gasteiger partial charge in [-0.05, 0) is 71.2 Å². The molecule has 1 aliphatic carbocycles. The van der Waals surface area contributed by atoms with Crippen molar-refractivity contribution in [1.82, 2.24) is 34.2 Å². The molecule has 1 amide bonds. The van der Waals surface area contributed by atoms with Gasteiger partial charge in [0.15, 0.2) is 0 Å². The number of aryl methyl sites for hydroxylation is 3. The molecule has 7 rings (SSSR count). The maximum atomic E-state index is 12.6. The molecule has 3 aromatic heterocycles. The number of fused-ring (bicyclic) bond motifs is 2. The predicted molar refractivity (Wildman–Crippen MR) is 165 cm³/mol. The molecule has 218 valence electrons. The quantitative estimate of drug-likeness (QED) is 0.232. The third kappa shape index (κ3) is 4.12. The van der Waals surface area contributed by atoms with Crippen LogP contribution in [0.15, 0.2) is 36.7 Å². The van der Waals surface area contributed by atoms with Gasteiger partial charge >= 0.3 is 6.09 Å². The Morgan fingerprint density at radius 2 is 1.69 bits per heavy atom. The molecule has 5 aromatic rings. The Bertz CT molecular complexity index is 1890. The summed E-state index contributed by atoms with van der Waals surface area (Å²) in [5.41, 5.74) is 7.76. The maximum absolute atomic E-state index is 12.6. The number of nitrogens with zero attached hydrogens (tertiary/aromatic N) is 7. The molecule has 4 heterocycles. The number of halogens is 1. The highest BCUT2D eigenvalue weighted by Gasteiger charge is 2.55. The van der Waals surface area contributed by atoms with Crippen molar-refractivity contribution >= 4 is 39.5 Å². The van der Waals surface area contributed by atoms with Gasteiger partial charge < -0.3 is 9.64 Å². The molecule has 1 spiro atoms. The van der Waals surface area contributed by atoms with Crippen LogP contribution in [0.25, 0.3) is 44.2 Å². The smallest absolute Gasteiger partial charge is 0.410 e. The van der Waals surface area contributed by atoms with Crippen molar-refractivity contribution < 1.29 is 9.53 Å². The molecule has 9 nitrogen and oxygen atoms in total. The zero-order chi connectivity index (χ0) is 29.7. The van der Waals surface area contributed by atoms with E-state index in [4.69, 9.17) is 21.4 Å². The van der Waals surface area contributed by atoms with Crippen molar-refractivity contribution in [2.45, 2.75) is 59.1 Å². The molecular formula is C32H36ClN7O2. The van der Waals surface area contributed by atoms with Gasteiger partial charge in [-0.1, -0.05) is 17.7 Å². The molecule has 0 unspecified atom stereocenters. The van der Waals surface area contributed by atoms with Gasteiger partial charge in [0.05, 0.1) is 34.5 Å². The van der Waals surface area contributed by atoms with Crippen LogP contribution < -0.4 is 0 Å². The zero-order valence-corrected chi connectivity index (χ0v) is 26.0. The van der Waals surface area contributed by atoms with Crippen molar-refractivity contribution in [3.8, 4) is 22.4 Å². The van der Waals surface area contributed by atoms with E-state index in [2.05, 4.69) is 46.1 Å². The Labute approximate surface area is 250 Å². The van der Waals surface area contributed by atoms with Crippen LogP contribution in [0.5, 0.6) is 0 Å². The van der Waals surface area contributed by atoms with E-state index >= 15 is 0 Å². The van der Waals surface area contributed by atoms with Gasteiger partial charge in [-0.2, -0.15) is 15.3 Å². The number of ether oxygens (including phenoxy) is 1. The second-order valence-corrected chi connectivity index (χ2v) is 13.7. The Morgan fingerprint density at radius 3 is 2.40 bits per heavy atom. The standard InChI is InChI=1S/C32H36ClN7O2/c1-18-10-25-23(15-35-38(25)7)27(28(18)33)26-19(2)40(36-29(26)20-8-9-24-21(11-20)14-34-37(24)6)22-12-32(13-22)16-39(17-32)30(41)42-31(3,4)5/h8-11,14-15,22H,12-13,16-17H2,1-7H3. The summed E-state index contributed by atoms with van der Waals surface area (Å²) in [4.78, 5) is 14.4. The molecule has 0 N–H and O–H groups in total. The molecule has 0 atom stereocenters. The largest absolute Gasteiger partial charge is 0.444 e. The topological polar surface area (TPSA) is 83.0 Å². The van der Waals surface area contributed by atoms with Crippen LogP contribution in [-0.2, 0) is 18.8 Å². The molecule has 0 radical (unpaired) electrons. The van der Waals surface area contributed by atoms with E-state index in [1.165, 1.54) is 0 Å². The van der Waals surface area contributed by atoms with Crippen molar-refractivity contribution in [1.29, 1.82) is 0 Å². The van der Waals surface area contributed by atoms with Crippen LogP contribution in [0.2, 0.25) is 5.02 Å². The Balaban J connectivity index is 1.29. The van der Waals surface area contributed by atoms with Crippen LogP contribution in [0.3, 0.4) is 0 Å². The first-order valence-electron chi connectivity index (χ1n) is 14.4. The van der Waals surface area contributed by atoms with Gasteiger partial charge in [0.1, 0.15) is 11.3 Å². The summed E-state index contributed by atoms with van der Waals surface area (Å²) in [5, 5.41) is 17.1. The molecule has 10 heteroatoms. The first-order chi connectivity index (χ1) is 19.8. The van der Waals surface area contributed by atoms with E-state index < -0.39 is 5.60 Å². The fourth-order valence-corrected chi connectivity index (χ4v) is 7.17. The van der Waals surface area contributed by atoms with Crippen molar-refractivity contribution in [2.75, 3.05) is 13.1 Å². The van der Waals surface area contributed by atoms with Gasteiger partial charge in [-0.3, -0.25) is 14.0 Å². The number of likely N-dealkylation sites (tertiary alicyclic amines) is 1. The number of rotatable bonds is 3. The molecule has 2 aromatic carbocycles. The third-order valence-corrected chi connectivity index (χ3v) is 9.47. The Hall–Kier alpha value is -3.85. The zero-order valence-electron chi connectivity index (χ0n) is 25.2. The van der Waals surface area contributed by atoms with Gasteiger partial charge in [-0.15, -0.1) is 0 Å². The Kier molecular flexibility index (Phi) is 5.84. The van der Waals surface area contributed by atoms with E-state index in [1.807, 2.05) is 68.4 Å². The molecule has 2 fully saturated rings. The third-order valence-electron chi connectivity index (χ3n) is 8.98. The highest BCUT2D eigenvalue weighted by Crippen LogP contribution is 2.55. The van der Waals surface area contributed by atoms with Crippen molar-refractivity contribution in [2.24, 2.45) is 19.5 Å². The lowest BCUT2D eigenvalue weighted by atomic mass is 9.61. The fourth-order valence-electron chi connectivity index (χ4n) is 6.92.